The quantitative estimate of drug-likeness (QED) is 0.271. The number of β-amino-alcohol motifs (C(OH)–C–C–N with tert-alkyl or cyclic N) is 1. The molecule has 3 atom stereocenters. The fourth-order valence-electron chi connectivity index (χ4n) is 7.21. The second-order valence-electron chi connectivity index (χ2n) is 12.2. The third-order valence-corrected chi connectivity index (χ3v) is 9.60. The fourth-order valence-corrected chi connectivity index (χ4v) is 7.48. The molecule has 0 amide bonds. The zero-order valence-corrected chi connectivity index (χ0v) is 25.0. The molecule has 13 heteroatoms. The summed E-state index contributed by atoms with van der Waals surface area (Å²) in [5.41, 5.74) is -0.393. The maximum Gasteiger partial charge on any atom is 0.319 e. The SMILES string of the molecule is C/C=C\c1c(Cl)cc2[nH]ncc2c1-c1ncc2c(N3CCC[C@](O)(CF)C3)nc(OC[C@@]34CCCN3C[C@H](F)C4)nc2c1F. The number of pyridine rings is 1. The zero-order valence-electron chi connectivity index (χ0n) is 24.3. The minimum atomic E-state index is -1.55. The Balaban J connectivity index is 1.38. The van der Waals surface area contributed by atoms with E-state index in [4.69, 9.17) is 16.3 Å². The topological polar surface area (TPSA) is 103 Å². The number of fused-ring (bicyclic) bond motifs is 3. The van der Waals surface area contributed by atoms with Crippen LogP contribution in [-0.4, -0.2) is 91.9 Å². The molecule has 0 spiro atoms. The Kier molecular flexibility index (Phi) is 7.41. The van der Waals surface area contributed by atoms with Crippen LogP contribution in [0, 0.1) is 5.82 Å². The Hall–Kier alpha value is -3.48. The molecule has 7 rings (SSSR count). The molecule has 0 radical (unpaired) electrons. The third-order valence-electron chi connectivity index (χ3n) is 9.28. The lowest BCUT2D eigenvalue weighted by atomic mass is 9.94. The molecule has 232 valence electrons. The Morgan fingerprint density at radius 3 is 2.86 bits per heavy atom. The average molecular weight is 628 g/mol. The normalized spacial score (nSPS) is 26.0. The molecule has 2 N–H and O–H groups in total. The van der Waals surface area contributed by atoms with Crippen molar-refractivity contribution in [2.75, 3.05) is 44.4 Å². The first-order valence-electron chi connectivity index (χ1n) is 14.9. The minimum absolute atomic E-state index is 0.0191. The van der Waals surface area contributed by atoms with Gasteiger partial charge in [-0.25, -0.2) is 13.2 Å². The number of H-pyrrole nitrogens is 1. The van der Waals surface area contributed by atoms with Crippen LogP contribution in [0.5, 0.6) is 6.01 Å². The fraction of sp³-hybridized carbons (Fsp3) is 0.484. The summed E-state index contributed by atoms with van der Waals surface area (Å²) >= 11 is 6.63. The first kappa shape index (κ1) is 29.2. The number of halogens is 4. The van der Waals surface area contributed by atoms with Gasteiger partial charge in [0.05, 0.1) is 34.2 Å². The van der Waals surface area contributed by atoms with Crippen molar-refractivity contribution in [1.29, 1.82) is 0 Å². The van der Waals surface area contributed by atoms with Crippen LogP contribution < -0.4 is 9.64 Å². The van der Waals surface area contributed by atoms with Crippen LogP contribution in [0.25, 0.3) is 39.1 Å². The van der Waals surface area contributed by atoms with E-state index in [9.17, 15) is 13.9 Å². The van der Waals surface area contributed by atoms with Crippen molar-refractivity contribution in [2.45, 2.75) is 56.3 Å². The molecule has 3 aromatic heterocycles. The number of rotatable bonds is 7. The van der Waals surface area contributed by atoms with E-state index in [0.717, 1.165) is 19.4 Å². The van der Waals surface area contributed by atoms with Gasteiger partial charge in [0.2, 0.25) is 0 Å². The molecule has 4 aromatic rings. The van der Waals surface area contributed by atoms with Gasteiger partial charge in [-0.3, -0.25) is 15.0 Å². The van der Waals surface area contributed by atoms with Gasteiger partial charge in [0, 0.05) is 42.2 Å². The van der Waals surface area contributed by atoms with Gasteiger partial charge in [-0.15, -0.1) is 0 Å². The average Bonchev–Trinajstić information content (AvgIpc) is 3.71. The van der Waals surface area contributed by atoms with Crippen molar-refractivity contribution in [3.8, 4) is 17.3 Å². The van der Waals surface area contributed by atoms with Crippen LogP contribution in [0.3, 0.4) is 0 Å². The molecule has 44 heavy (non-hydrogen) atoms. The first-order chi connectivity index (χ1) is 21.2. The number of aromatic amines is 1. The van der Waals surface area contributed by atoms with Crippen LogP contribution in [0.4, 0.5) is 19.0 Å². The third kappa shape index (κ3) is 4.87. The highest BCUT2D eigenvalue weighted by molar-refractivity contribution is 6.33. The summed E-state index contributed by atoms with van der Waals surface area (Å²) in [7, 11) is 0. The van der Waals surface area contributed by atoms with Crippen LogP contribution in [0.1, 0.15) is 44.6 Å². The lowest BCUT2D eigenvalue weighted by molar-refractivity contribution is 0.00302. The Labute approximate surface area is 257 Å². The highest BCUT2D eigenvalue weighted by atomic mass is 35.5. The molecule has 6 heterocycles. The molecule has 0 unspecified atom stereocenters. The first-order valence-corrected chi connectivity index (χ1v) is 15.3. The van der Waals surface area contributed by atoms with Gasteiger partial charge in [-0.1, -0.05) is 23.8 Å². The smallest absolute Gasteiger partial charge is 0.319 e. The molecule has 0 aliphatic carbocycles. The van der Waals surface area contributed by atoms with Crippen LogP contribution in [-0.2, 0) is 0 Å². The van der Waals surface area contributed by atoms with Gasteiger partial charge in [-0.05, 0) is 45.2 Å². The Morgan fingerprint density at radius 2 is 2.05 bits per heavy atom. The lowest BCUT2D eigenvalue weighted by Gasteiger charge is -2.38. The molecule has 3 aliphatic heterocycles. The number of benzene rings is 1. The van der Waals surface area contributed by atoms with Gasteiger partial charge in [0.1, 0.15) is 42.1 Å². The standard InChI is InChI=1S/C31H33ClF3N7O2/c1-2-5-19-22(32)10-23-20(13-37-40-23)24(19)27-25(35)26-21(12-36-27)28(41-8-4-7-31(43,15-33)16-41)39-29(38-26)44-17-30-6-3-9-42(30)14-18(34)11-30/h2,5,10,12-13,18,43H,3-4,6-9,11,14-17H2,1H3,(H,37,40)/b5-2-/t18-,30+,31+/m1/s1. The van der Waals surface area contributed by atoms with E-state index < -0.39 is 29.8 Å². The Morgan fingerprint density at radius 1 is 1.20 bits per heavy atom. The number of piperidine rings is 1. The summed E-state index contributed by atoms with van der Waals surface area (Å²) in [4.78, 5) is 17.6. The van der Waals surface area contributed by atoms with Gasteiger partial charge < -0.3 is 14.7 Å². The highest BCUT2D eigenvalue weighted by Crippen LogP contribution is 2.42. The summed E-state index contributed by atoms with van der Waals surface area (Å²) in [5, 5.41) is 19.2. The van der Waals surface area contributed by atoms with E-state index in [-0.39, 0.29) is 30.4 Å². The number of hydrogen-bond donors (Lipinski definition) is 2. The number of nitrogens with one attached hydrogen (secondary N) is 1. The minimum Gasteiger partial charge on any atom is -0.461 e. The van der Waals surface area contributed by atoms with Crippen molar-refractivity contribution < 1.29 is 23.0 Å². The van der Waals surface area contributed by atoms with Gasteiger partial charge in [0.25, 0.3) is 0 Å². The Bertz CT molecular complexity index is 1770. The molecule has 3 saturated heterocycles. The number of aromatic nitrogens is 5. The van der Waals surface area contributed by atoms with E-state index in [0.29, 0.717) is 70.6 Å². The number of anilines is 1. The number of ether oxygens (including phenoxy) is 1. The van der Waals surface area contributed by atoms with Crippen molar-refractivity contribution in [1.82, 2.24) is 30.0 Å². The van der Waals surface area contributed by atoms with E-state index in [1.807, 2.05) is 6.92 Å². The molecule has 0 saturated carbocycles. The van der Waals surface area contributed by atoms with Crippen LogP contribution >= 0.6 is 11.6 Å². The number of allylic oxidation sites excluding steroid dienone is 1. The highest BCUT2D eigenvalue weighted by Gasteiger charge is 2.49. The largest absolute Gasteiger partial charge is 0.461 e. The second kappa shape index (κ2) is 11.1. The summed E-state index contributed by atoms with van der Waals surface area (Å²) in [6.07, 6.45) is 8.64. The molecule has 9 nitrogen and oxygen atoms in total. The van der Waals surface area contributed by atoms with Gasteiger partial charge >= 0.3 is 6.01 Å². The van der Waals surface area contributed by atoms with E-state index in [1.165, 1.54) is 6.20 Å². The second-order valence-corrected chi connectivity index (χ2v) is 12.6. The summed E-state index contributed by atoms with van der Waals surface area (Å²) < 4.78 is 51.3. The van der Waals surface area contributed by atoms with Gasteiger partial charge in [-0.2, -0.15) is 15.1 Å². The zero-order chi connectivity index (χ0) is 30.6. The van der Waals surface area contributed by atoms with Crippen molar-refractivity contribution in [3.63, 3.8) is 0 Å². The number of aliphatic hydroxyl groups is 1. The van der Waals surface area contributed by atoms with Crippen molar-refractivity contribution in [3.05, 3.63) is 40.9 Å². The monoisotopic (exact) mass is 627 g/mol. The van der Waals surface area contributed by atoms with Gasteiger partial charge in [0.15, 0.2) is 5.82 Å². The number of nitrogens with zero attached hydrogens (tertiary/aromatic N) is 6. The molecule has 1 aromatic carbocycles. The van der Waals surface area contributed by atoms with Crippen LogP contribution in [0.15, 0.2) is 24.5 Å². The predicted molar refractivity (Wildman–Crippen MR) is 163 cm³/mol. The number of hydrogen-bond acceptors (Lipinski definition) is 8. The maximum atomic E-state index is 16.8. The van der Waals surface area contributed by atoms with E-state index in [2.05, 4.69) is 30.0 Å². The molecule has 0 bridgehead atoms. The van der Waals surface area contributed by atoms with E-state index >= 15 is 4.39 Å². The molecule has 3 fully saturated rings. The molecule has 3 aliphatic rings. The van der Waals surface area contributed by atoms with Crippen LogP contribution in [0.2, 0.25) is 5.02 Å². The summed E-state index contributed by atoms with van der Waals surface area (Å²) in [5.74, 6) is -0.423. The van der Waals surface area contributed by atoms with E-state index in [1.54, 1.807) is 29.3 Å². The van der Waals surface area contributed by atoms with Crippen molar-refractivity contribution in [2.24, 2.45) is 0 Å². The van der Waals surface area contributed by atoms with Crippen molar-refractivity contribution >= 4 is 45.3 Å². The predicted octanol–water partition coefficient (Wildman–Crippen LogP) is 5.65. The lowest BCUT2D eigenvalue weighted by Crippen LogP contribution is -2.50. The summed E-state index contributed by atoms with van der Waals surface area (Å²) in [6, 6.07) is 1.65. The molecular weight excluding hydrogens is 595 g/mol. The summed E-state index contributed by atoms with van der Waals surface area (Å²) in [6.45, 7) is 2.67. The maximum absolute atomic E-state index is 16.8. The molecular formula is C31H33ClF3N7O2. The number of alkyl halides is 2.